The number of hydrogen-bond acceptors (Lipinski definition) is 1. The van der Waals surface area contributed by atoms with Gasteiger partial charge in [0.05, 0.1) is 0 Å². The van der Waals surface area contributed by atoms with Gasteiger partial charge in [-0.2, -0.15) is 0 Å². The molecule has 0 aromatic carbocycles. The van der Waals surface area contributed by atoms with E-state index in [1.165, 1.54) is 5.57 Å². The molecule has 0 spiro atoms. The Labute approximate surface area is 51.6 Å². The molecule has 0 rings (SSSR count). The zero-order chi connectivity index (χ0) is 6.41. The summed E-state index contributed by atoms with van der Waals surface area (Å²) < 4.78 is 0. The van der Waals surface area contributed by atoms with Gasteiger partial charge in [-0.05, 0) is 12.8 Å². The van der Waals surface area contributed by atoms with Crippen LogP contribution in [0.2, 0.25) is 0 Å². The van der Waals surface area contributed by atoms with Crippen molar-refractivity contribution in [2.75, 3.05) is 6.54 Å². The fraction of sp³-hybridized carbons (Fsp3) is 0.714. The fourth-order valence-corrected chi connectivity index (χ4v) is 0.705. The van der Waals surface area contributed by atoms with Gasteiger partial charge in [-0.25, -0.2) is 0 Å². The predicted molar refractivity (Wildman–Crippen MR) is 37.7 cm³/mol. The van der Waals surface area contributed by atoms with E-state index >= 15 is 0 Å². The normalized spacial score (nSPS) is 8.88. The van der Waals surface area contributed by atoms with Gasteiger partial charge in [-0.3, -0.25) is 0 Å². The molecule has 0 aromatic heterocycles. The first-order valence-corrected chi connectivity index (χ1v) is 3.23. The first kappa shape index (κ1) is 7.70. The van der Waals surface area contributed by atoms with E-state index < -0.39 is 0 Å². The van der Waals surface area contributed by atoms with Gasteiger partial charge in [0.2, 0.25) is 0 Å². The molecule has 0 radical (unpaired) electrons. The van der Waals surface area contributed by atoms with Crippen LogP contribution in [0.5, 0.6) is 0 Å². The van der Waals surface area contributed by atoms with E-state index in [0.29, 0.717) is 6.54 Å². The van der Waals surface area contributed by atoms with Crippen LogP contribution in [-0.2, 0) is 0 Å². The SMILES string of the molecule is CCC(=CCN)CC. The summed E-state index contributed by atoms with van der Waals surface area (Å²) in [6, 6.07) is 0. The number of allylic oxidation sites excluding steroid dienone is 1. The lowest BCUT2D eigenvalue weighted by molar-refractivity contribution is 0.961. The molecule has 0 fully saturated rings. The number of rotatable bonds is 3. The van der Waals surface area contributed by atoms with Crippen LogP contribution >= 0.6 is 0 Å². The van der Waals surface area contributed by atoms with Crippen molar-refractivity contribution in [3.8, 4) is 0 Å². The zero-order valence-corrected chi connectivity index (χ0v) is 5.78. The monoisotopic (exact) mass is 113 g/mol. The maximum atomic E-state index is 5.30. The molecule has 0 saturated carbocycles. The fourth-order valence-electron chi connectivity index (χ4n) is 0.705. The summed E-state index contributed by atoms with van der Waals surface area (Å²) in [5.41, 5.74) is 6.77. The molecule has 2 N–H and O–H groups in total. The summed E-state index contributed by atoms with van der Waals surface area (Å²) in [4.78, 5) is 0. The maximum absolute atomic E-state index is 5.30. The second-order valence-corrected chi connectivity index (χ2v) is 1.81. The van der Waals surface area contributed by atoms with Crippen LogP contribution in [0, 0.1) is 0 Å². The molecule has 0 aliphatic heterocycles. The number of hydrogen-bond donors (Lipinski definition) is 1. The van der Waals surface area contributed by atoms with Crippen LogP contribution in [0.3, 0.4) is 0 Å². The van der Waals surface area contributed by atoms with Gasteiger partial charge in [0.15, 0.2) is 0 Å². The third kappa shape index (κ3) is 2.80. The molecule has 48 valence electrons. The van der Waals surface area contributed by atoms with Gasteiger partial charge in [0, 0.05) is 6.54 Å². The second kappa shape index (κ2) is 4.85. The highest BCUT2D eigenvalue weighted by Gasteiger charge is 1.84. The van der Waals surface area contributed by atoms with E-state index in [-0.39, 0.29) is 0 Å². The van der Waals surface area contributed by atoms with Crippen molar-refractivity contribution in [2.24, 2.45) is 5.73 Å². The topological polar surface area (TPSA) is 26.0 Å². The minimum Gasteiger partial charge on any atom is -0.327 e. The number of nitrogens with two attached hydrogens (primary N) is 1. The van der Waals surface area contributed by atoms with E-state index in [4.69, 9.17) is 5.73 Å². The van der Waals surface area contributed by atoms with Crippen LogP contribution in [0.15, 0.2) is 11.6 Å². The zero-order valence-electron chi connectivity index (χ0n) is 5.78. The summed E-state index contributed by atoms with van der Waals surface area (Å²) in [5.74, 6) is 0. The first-order chi connectivity index (χ1) is 3.85. The smallest absolute Gasteiger partial charge is 0.0109 e. The Morgan fingerprint density at radius 1 is 1.38 bits per heavy atom. The summed E-state index contributed by atoms with van der Waals surface area (Å²) >= 11 is 0. The summed E-state index contributed by atoms with van der Waals surface area (Å²) in [6.45, 7) is 5.01. The third-order valence-corrected chi connectivity index (χ3v) is 1.31. The molecule has 1 heteroatoms. The Hall–Kier alpha value is -0.300. The van der Waals surface area contributed by atoms with Gasteiger partial charge in [-0.1, -0.05) is 25.5 Å². The van der Waals surface area contributed by atoms with Gasteiger partial charge in [-0.15, -0.1) is 0 Å². The van der Waals surface area contributed by atoms with Gasteiger partial charge < -0.3 is 5.73 Å². The molecule has 0 atom stereocenters. The van der Waals surface area contributed by atoms with E-state index in [1.54, 1.807) is 0 Å². The van der Waals surface area contributed by atoms with Crippen molar-refractivity contribution in [3.05, 3.63) is 11.6 Å². The van der Waals surface area contributed by atoms with Crippen LogP contribution in [0.4, 0.5) is 0 Å². The highest BCUT2D eigenvalue weighted by atomic mass is 14.5. The van der Waals surface area contributed by atoms with E-state index in [1.807, 2.05) is 0 Å². The Morgan fingerprint density at radius 3 is 2.00 bits per heavy atom. The molecule has 1 nitrogen and oxygen atoms in total. The molecule has 0 amide bonds. The first-order valence-electron chi connectivity index (χ1n) is 3.23. The van der Waals surface area contributed by atoms with Crippen molar-refractivity contribution < 1.29 is 0 Å². The average molecular weight is 113 g/mol. The van der Waals surface area contributed by atoms with Crippen LogP contribution < -0.4 is 5.73 Å². The molecule has 0 bridgehead atoms. The van der Waals surface area contributed by atoms with Crippen molar-refractivity contribution in [2.45, 2.75) is 26.7 Å². The molecular weight excluding hydrogens is 98.1 g/mol. The molecule has 0 unspecified atom stereocenters. The van der Waals surface area contributed by atoms with Crippen LogP contribution in [0.1, 0.15) is 26.7 Å². The lowest BCUT2D eigenvalue weighted by Gasteiger charge is -1.95. The Morgan fingerprint density at radius 2 is 1.88 bits per heavy atom. The van der Waals surface area contributed by atoms with E-state index in [0.717, 1.165) is 12.8 Å². The van der Waals surface area contributed by atoms with Crippen molar-refractivity contribution in [3.63, 3.8) is 0 Å². The van der Waals surface area contributed by atoms with Crippen LogP contribution in [-0.4, -0.2) is 6.54 Å². The molecule has 0 aromatic rings. The van der Waals surface area contributed by atoms with Crippen molar-refractivity contribution in [1.82, 2.24) is 0 Å². The highest BCUT2D eigenvalue weighted by molar-refractivity contribution is 5.00. The van der Waals surface area contributed by atoms with Crippen molar-refractivity contribution >= 4 is 0 Å². The van der Waals surface area contributed by atoms with Gasteiger partial charge >= 0.3 is 0 Å². The molecule has 0 aliphatic carbocycles. The lowest BCUT2D eigenvalue weighted by Crippen LogP contribution is -1.94. The lowest BCUT2D eigenvalue weighted by atomic mass is 10.1. The minimum atomic E-state index is 0.691. The highest BCUT2D eigenvalue weighted by Crippen LogP contribution is 2.02. The van der Waals surface area contributed by atoms with Crippen LogP contribution in [0.25, 0.3) is 0 Å². The quantitative estimate of drug-likeness (QED) is 0.554. The Bertz CT molecular complexity index is 68.5. The van der Waals surface area contributed by atoms with Gasteiger partial charge in [0.25, 0.3) is 0 Å². The maximum Gasteiger partial charge on any atom is 0.0109 e. The van der Waals surface area contributed by atoms with Crippen molar-refractivity contribution in [1.29, 1.82) is 0 Å². The summed E-state index contributed by atoms with van der Waals surface area (Å²) in [6.07, 6.45) is 4.39. The standard InChI is InChI=1S/C7H15N/c1-3-7(4-2)5-6-8/h5H,3-4,6,8H2,1-2H3. The summed E-state index contributed by atoms with van der Waals surface area (Å²) in [7, 11) is 0. The Kier molecular flexibility index (Phi) is 4.67. The Balaban J connectivity index is 3.49. The third-order valence-electron chi connectivity index (χ3n) is 1.31. The van der Waals surface area contributed by atoms with Gasteiger partial charge in [0.1, 0.15) is 0 Å². The second-order valence-electron chi connectivity index (χ2n) is 1.81. The largest absolute Gasteiger partial charge is 0.327 e. The molecule has 8 heavy (non-hydrogen) atoms. The molecule has 0 saturated heterocycles. The molecular formula is C7H15N. The predicted octanol–water partition coefficient (Wildman–Crippen LogP) is 1.69. The molecule has 0 heterocycles. The minimum absolute atomic E-state index is 0.691. The van der Waals surface area contributed by atoms with E-state index in [2.05, 4.69) is 19.9 Å². The average Bonchev–Trinajstić information content (AvgIpc) is 1.83. The summed E-state index contributed by atoms with van der Waals surface area (Å²) in [5, 5.41) is 0. The molecule has 0 aliphatic rings. The van der Waals surface area contributed by atoms with E-state index in [9.17, 15) is 0 Å².